The summed E-state index contributed by atoms with van der Waals surface area (Å²) < 4.78 is 11.2. The van der Waals surface area contributed by atoms with Crippen molar-refractivity contribution in [1.82, 2.24) is 10.2 Å². The number of nitrogens with one attached hydrogen (secondary N) is 1. The van der Waals surface area contributed by atoms with Gasteiger partial charge >= 0.3 is 0 Å². The molecule has 3 rings (SSSR count). The fourth-order valence-electron chi connectivity index (χ4n) is 2.41. The Labute approximate surface area is 163 Å². The van der Waals surface area contributed by atoms with Crippen LogP contribution in [0.15, 0.2) is 24.3 Å². The average Bonchev–Trinajstić information content (AvgIpc) is 3.40. The van der Waals surface area contributed by atoms with Gasteiger partial charge in [0.2, 0.25) is 11.0 Å². The molecule has 0 saturated heterocycles. The van der Waals surface area contributed by atoms with E-state index in [1.165, 1.54) is 30.3 Å². The molecule has 1 N–H and O–H groups in total. The molecular weight excluding hydrogens is 362 g/mol. The Bertz CT molecular complexity index is 813. The van der Waals surface area contributed by atoms with Crippen LogP contribution in [0.2, 0.25) is 0 Å². The van der Waals surface area contributed by atoms with E-state index in [4.69, 9.17) is 9.47 Å². The van der Waals surface area contributed by atoms with Gasteiger partial charge in [-0.3, -0.25) is 10.1 Å². The number of anilines is 1. The molecule has 1 heterocycles. The van der Waals surface area contributed by atoms with Crippen molar-refractivity contribution < 1.29 is 14.3 Å². The first kappa shape index (κ1) is 19.4. The van der Waals surface area contributed by atoms with E-state index in [1.54, 1.807) is 13.2 Å². The number of methoxy groups -OCH3 is 1. The molecule has 1 aliphatic carbocycles. The lowest BCUT2D eigenvalue weighted by Crippen LogP contribution is -2.07. The summed E-state index contributed by atoms with van der Waals surface area (Å²) in [5.74, 6) is 2.26. The highest BCUT2D eigenvalue weighted by Gasteiger charge is 2.27. The third-order valence-corrected chi connectivity index (χ3v) is 5.17. The minimum atomic E-state index is -0.232. The lowest BCUT2D eigenvalue weighted by atomic mass is 10.1. The lowest BCUT2D eigenvalue weighted by Gasteiger charge is -2.12. The molecule has 1 aromatic heterocycles. The molecule has 1 aliphatic rings. The number of hydrogen-bond donors (Lipinski definition) is 1. The first-order valence-electron chi connectivity index (χ1n) is 9.18. The predicted octanol–water partition coefficient (Wildman–Crippen LogP) is 4.50. The molecule has 6 nitrogen and oxygen atoms in total. The minimum Gasteiger partial charge on any atom is -0.493 e. The molecule has 0 unspecified atom stereocenters. The van der Waals surface area contributed by atoms with E-state index < -0.39 is 0 Å². The van der Waals surface area contributed by atoms with Crippen LogP contribution in [0.4, 0.5) is 5.13 Å². The van der Waals surface area contributed by atoms with E-state index in [1.807, 2.05) is 18.2 Å². The van der Waals surface area contributed by atoms with Crippen molar-refractivity contribution in [2.45, 2.75) is 39.0 Å². The molecule has 0 radical (unpaired) electrons. The van der Waals surface area contributed by atoms with Crippen molar-refractivity contribution in [3.8, 4) is 11.5 Å². The van der Waals surface area contributed by atoms with Gasteiger partial charge in [0.1, 0.15) is 5.01 Å². The summed E-state index contributed by atoms with van der Waals surface area (Å²) in [6.07, 6.45) is 6.53. The predicted molar refractivity (Wildman–Crippen MR) is 107 cm³/mol. The molecule has 27 heavy (non-hydrogen) atoms. The maximum atomic E-state index is 12.1. The molecular formula is C20H25N3O3S. The molecule has 2 aromatic rings. The molecule has 0 aliphatic heterocycles. The highest BCUT2D eigenvalue weighted by Crippen LogP contribution is 2.42. The molecule has 144 valence electrons. The molecule has 0 atom stereocenters. The number of hydrogen-bond acceptors (Lipinski definition) is 6. The topological polar surface area (TPSA) is 73.3 Å². The Balaban J connectivity index is 1.57. The van der Waals surface area contributed by atoms with Crippen LogP contribution in [0, 0.1) is 5.92 Å². The van der Waals surface area contributed by atoms with Crippen LogP contribution in [0.3, 0.4) is 0 Å². The van der Waals surface area contributed by atoms with E-state index in [-0.39, 0.29) is 5.91 Å². The van der Waals surface area contributed by atoms with E-state index >= 15 is 0 Å². The molecule has 1 amide bonds. The van der Waals surface area contributed by atoms with E-state index in [9.17, 15) is 4.79 Å². The highest BCUT2D eigenvalue weighted by molar-refractivity contribution is 7.15. The van der Waals surface area contributed by atoms with Gasteiger partial charge < -0.3 is 9.47 Å². The van der Waals surface area contributed by atoms with Crippen LogP contribution in [0.1, 0.15) is 49.6 Å². The Morgan fingerprint density at radius 1 is 1.33 bits per heavy atom. The van der Waals surface area contributed by atoms with Crippen LogP contribution in [0.5, 0.6) is 11.5 Å². The zero-order chi connectivity index (χ0) is 19.2. The molecule has 0 spiro atoms. The van der Waals surface area contributed by atoms with Gasteiger partial charge in [0, 0.05) is 12.0 Å². The van der Waals surface area contributed by atoms with Crippen LogP contribution in [-0.2, 0) is 4.79 Å². The number of rotatable bonds is 9. The second kappa shape index (κ2) is 8.99. The number of benzene rings is 1. The number of nitrogens with zero attached hydrogens (tertiary/aromatic N) is 2. The number of carbonyl (C=O) groups is 1. The summed E-state index contributed by atoms with van der Waals surface area (Å²) >= 11 is 1.45. The van der Waals surface area contributed by atoms with Crippen molar-refractivity contribution in [3.05, 3.63) is 34.8 Å². The van der Waals surface area contributed by atoms with Crippen molar-refractivity contribution in [2.24, 2.45) is 5.92 Å². The van der Waals surface area contributed by atoms with Gasteiger partial charge in [0.15, 0.2) is 11.5 Å². The molecule has 1 fully saturated rings. The van der Waals surface area contributed by atoms with Gasteiger partial charge in [0.25, 0.3) is 0 Å². The molecule has 1 aromatic carbocycles. The fourth-order valence-corrected chi connectivity index (χ4v) is 3.33. The largest absolute Gasteiger partial charge is 0.493 e. The Kier molecular flexibility index (Phi) is 6.45. The normalized spacial score (nSPS) is 13.9. The number of carbonyl (C=O) groups excluding carboxylic acids is 1. The second-order valence-electron chi connectivity index (χ2n) is 6.98. The maximum Gasteiger partial charge on any atom is 0.250 e. The van der Waals surface area contributed by atoms with E-state index in [0.29, 0.717) is 35.1 Å². The number of aromatic nitrogens is 2. The first-order chi connectivity index (χ1) is 13.0. The SMILES string of the molecule is COc1cc(/C=C/C(=O)Nc2nnc(C3CC3)s2)ccc1OCCC(C)C. The molecule has 1 saturated carbocycles. The highest BCUT2D eigenvalue weighted by atomic mass is 32.1. The van der Waals surface area contributed by atoms with Crippen molar-refractivity contribution >= 4 is 28.5 Å². The zero-order valence-electron chi connectivity index (χ0n) is 15.9. The third-order valence-electron chi connectivity index (χ3n) is 4.16. The van der Waals surface area contributed by atoms with Crippen molar-refractivity contribution in [3.63, 3.8) is 0 Å². The Hall–Kier alpha value is -2.41. The smallest absolute Gasteiger partial charge is 0.250 e. The lowest BCUT2D eigenvalue weighted by molar-refractivity contribution is -0.111. The summed E-state index contributed by atoms with van der Waals surface area (Å²) in [7, 11) is 1.61. The summed E-state index contributed by atoms with van der Waals surface area (Å²) in [5.41, 5.74) is 0.856. The quantitative estimate of drug-likeness (QED) is 0.641. The summed E-state index contributed by atoms with van der Waals surface area (Å²) in [6, 6.07) is 5.61. The zero-order valence-corrected chi connectivity index (χ0v) is 16.7. The van der Waals surface area contributed by atoms with Crippen molar-refractivity contribution in [2.75, 3.05) is 19.0 Å². The van der Waals surface area contributed by atoms with Crippen LogP contribution in [0.25, 0.3) is 6.08 Å². The van der Waals surface area contributed by atoms with E-state index in [0.717, 1.165) is 17.0 Å². The van der Waals surface area contributed by atoms with Crippen LogP contribution in [-0.4, -0.2) is 29.8 Å². The molecule has 7 heteroatoms. The van der Waals surface area contributed by atoms with Gasteiger partial charge in [-0.1, -0.05) is 31.3 Å². The van der Waals surface area contributed by atoms with Gasteiger partial charge in [-0.25, -0.2) is 0 Å². The Morgan fingerprint density at radius 2 is 2.15 bits per heavy atom. The van der Waals surface area contributed by atoms with Gasteiger partial charge in [-0.15, -0.1) is 10.2 Å². The second-order valence-corrected chi connectivity index (χ2v) is 7.99. The van der Waals surface area contributed by atoms with Gasteiger partial charge in [-0.2, -0.15) is 0 Å². The Morgan fingerprint density at radius 3 is 2.85 bits per heavy atom. The summed E-state index contributed by atoms with van der Waals surface area (Å²) in [4.78, 5) is 12.1. The van der Waals surface area contributed by atoms with E-state index in [2.05, 4.69) is 29.4 Å². The van der Waals surface area contributed by atoms with Gasteiger partial charge in [0.05, 0.1) is 13.7 Å². The standard InChI is InChI=1S/C20H25N3O3S/c1-13(2)10-11-26-16-8-4-14(12-17(16)25-3)5-9-18(24)21-20-23-22-19(27-20)15-6-7-15/h4-5,8-9,12-13,15H,6-7,10-11H2,1-3H3,(H,21,23,24)/b9-5+. The maximum absolute atomic E-state index is 12.1. The van der Waals surface area contributed by atoms with Crippen LogP contribution >= 0.6 is 11.3 Å². The fraction of sp³-hybridized carbons (Fsp3) is 0.450. The summed E-state index contributed by atoms with van der Waals surface area (Å²) in [6.45, 7) is 4.97. The average molecular weight is 388 g/mol. The monoisotopic (exact) mass is 387 g/mol. The third kappa shape index (κ3) is 5.79. The molecule has 0 bridgehead atoms. The van der Waals surface area contributed by atoms with Gasteiger partial charge in [-0.05, 0) is 49.0 Å². The van der Waals surface area contributed by atoms with Crippen molar-refractivity contribution in [1.29, 1.82) is 0 Å². The summed E-state index contributed by atoms with van der Waals surface area (Å²) in [5, 5.41) is 12.4. The number of amides is 1. The number of ether oxygens (including phenoxy) is 2. The van der Waals surface area contributed by atoms with Crippen LogP contribution < -0.4 is 14.8 Å². The first-order valence-corrected chi connectivity index (χ1v) is 10.00. The minimum absolute atomic E-state index is 0.232.